The summed E-state index contributed by atoms with van der Waals surface area (Å²) < 4.78 is 11.4. The molecule has 3 aromatic heterocycles. The van der Waals surface area contributed by atoms with Gasteiger partial charge in [-0.15, -0.1) is 5.10 Å². The Labute approximate surface area is 102 Å². The topological polar surface area (TPSA) is 78.9 Å². The molecule has 0 spiro atoms. The number of nitrogens with zero attached hydrogens (tertiary/aromatic N) is 5. The quantitative estimate of drug-likeness (QED) is 0.690. The molecule has 0 saturated heterocycles. The van der Waals surface area contributed by atoms with Crippen LogP contribution in [0.5, 0.6) is 5.88 Å². The summed E-state index contributed by atoms with van der Waals surface area (Å²) in [7, 11) is 1.56. The second-order valence-electron chi connectivity index (χ2n) is 3.47. The van der Waals surface area contributed by atoms with Crippen molar-refractivity contribution in [3.8, 4) is 23.1 Å². The van der Waals surface area contributed by atoms with Gasteiger partial charge in [-0.1, -0.05) is 16.4 Å². The lowest BCUT2D eigenvalue weighted by atomic mass is 10.3. The fraction of sp³-hybridized carbons (Fsp3) is 0.0909. The van der Waals surface area contributed by atoms with Crippen LogP contribution in [0.3, 0.4) is 0 Å². The minimum atomic E-state index is 0.519. The van der Waals surface area contributed by atoms with Gasteiger partial charge in [0.15, 0.2) is 5.82 Å². The Bertz CT molecular complexity index is 647. The Balaban J connectivity index is 1.97. The van der Waals surface area contributed by atoms with Crippen LogP contribution in [0.25, 0.3) is 17.2 Å². The van der Waals surface area contributed by atoms with E-state index in [1.165, 1.54) is 6.26 Å². The molecule has 0 aromatic carbocycles. The molecule has 0 aliphatic heterocycles. The summed E-state index contributed by atoms with van der Waals surface area (Å²) in [5, 5.41) is 11.8. The fourth-order valence-electron chi connectivity index (χ4n) is 1.48. The van der Waals surface area contributed by atoms with Crippen molar-refractivity contribution < 1.29 is 9.26 Å². The van der Waals surface area contributed by atoms with Gasteiger partial charge in [-0.25, -0.2) is 4.68 Å². The largest absolute Gasteiger partial charge is 0.481 e. The Morgan fingerprint density at radius 3 is 2.94 bits per heavy atom. The van der Waals surface area contributed by atoms with Gasteiger partial charge in [-0.3, -0.25) is 0 Å². The highest BCUT2D eigenvalue weighted by molar-refractivity contribution is 5.51. The molecule has 0 radical (unpaired) electrons. The number of rotatable bonds is 3. The molecule has 0 unspecified atom stereocenters. The third-order valence-electron chi connectivity index (χ3n) is 2.35. The molecular formula is C11H9N5O2. The van der Waals surface area contributed by atoms with Crippen LogP contribution in [0.1, 0.15) is 0 Å². The van der Waals surface area contributed by atoms with Crippen LogP contribution in [0, 0.1) is 0 Å². The van der Waals surface area contributed by atoms with E-state index >= 15 is 0 Å². The Hall–Kier alpha value is -2.70. The van der Waals surface area contributed by atoms with Crippen LogP contribution in [-0.2, 0) is 0 Å². The van der Waals surface area contributed by atoms with E-state index in [0.29, 0.717) is 23.1 Å². The van der Waals surface area contributed by atoms with Gasteiger partial charge in [0.1, 0.15) is 17.7 Å². The first-order chi connectivity index (χ1) is 8.86. The predicted molar refractivity (Wildman–Crippen MR) is 61.2 cm³/mol. The van der Waals surface area contributed by atoms with Gasteiger partial charge < -0.3 is 9.26 Å². The van der Waals surface area contributed by atoms with E-state index in [2.05, 4.69) is 20.5 Å². The van der Waals surface area contributed by atoms with Crippen molar-refractivity contribution in [2.45, 2.75) is 0 Å². The average Bonchev–Trinajstić information content (AvgIpc) is 3.09. The van der Waals surface area contributed by atoms with Gasteiger partial charge in [0.2, 0.25) is 5.88 Å². The molecule has 0 N–H and O–H groups in total. The molecule has 18 heavy (non-hydrogen) atoms. The Morgan fingerprint density at radius 2 is 2.17 bits per heavy atom. The van der Waals surface area contributed by atoms with E-state index in [9.17, 15) is 0 Å². The summed E-state index contributed by atoms with van der Waals surface area (Å²) in [6.07, 6.45) is 3.21. The molecule has 0 aliphatic rings. The summed E-state index contributed by atoms with van der Waals surface area (Å²) in [4.78, 5) is 4.25. The van der Waals surface area contributed by atoms with Crippen molar-refractivity contribution >= 4 is 0 Å². The first-order valence-electron chi connectivity index (χ1n) is 5.21. The van der Waals surface area contributed by atoms with Gasteiger partial charge in [-0.2, -0.15) is 4.98 Å². The number of methoxy groups -OCH3 is 1. The fourth-order valence-corrected chi connectivity index (χ4v) is 1.48. The number of ether oxygens (including phenoxy) is 1. The maximum absolute atomic E-state index is 5.06. The number of hydrogen-bond donors (Lipinski definition) is 0. The number of aromatic nitrogens is 5. The molecular weight excluding hydrogens is 234 g/mol. The summed E-state index contributed by atoms with van der Waals surface area (Å²) in [6.45, 7) is 0. The van der Waals surface area contributed by atoms with E-state index in [0.717, 1.165) is 0 Å². The van der Waals surface area contributed by atoms with Crippen molar-refractivity contribution in [2.75, 3.05) is 7.11 Å². The van der Waals surface area contributed by atoms with Crippen LogP contribution in [0.4, 0.5) is 0 Å². The van der Waals surface area contributed by atoms with Crippen molar-refractivity contribution in [1.82, 2.24) is 25.1 Å². The molecule has 0 aliphatic carbocycles. The zero-order valence-electron chi connectivity index (χ0n) is 9.52. The Kier molecular flexibility index (Phi) is 2.49. The van der Waals surface area contributed by atoms with E-state index in [1.807, 2.05) is 12.1 Å². The highest BCUT2D eigenvalue weighted by Gasteiger charge is 2.08. The summed E-state index contributed by atoms with van der Waals surface area (Å²) in [6, 6.07) is 7.12. The molecule has 0 bridgehead atoms. The zero-order chi connectivity index (χ0) is 12.4. The summed E-state index contributed by atoms with van der Waals surface area (Å²) in [5.41, 5.74) is 1.25. The lowest BCUT2D eigenvalue weighted by Crippen LogP contribution is -1.99. The predicted octanol–water partition coefficient (Wildman–Crippen LogP) is 1.33. The van der Waals surface area contributed by atoms with Crippen molar-refractivity contribution in [3.05, 3.63) is 36.7 Å². The lowest BCUT2D eigenvalue weighted by Gasteiger charge is -2.01. The SMILES string of the molecule is COc1cccc(-n2cc(-c3ccon3)nn2)n1. The molecule has 3 heterocycles. The smallest absolute Gasteiger partial charge is 0.214 e. The van der Waals surface area contributed by atoms with Gasteiger partial charge in [-0.05, 0) is 6.07 Å². The molecule has 0 saturated carbocycles. The zero-order valence-corrected chi connectivity index (χ0v) is 9.52. The van der Waals surface area contributed by atoms with Gasteiger partial charge >= 0.3 is 0 Å². The molecule has 7 heteroatoms. The molecule has 90 valence electrons. The second kappa shape index (κ2) is 4.28. The normalized spacial score (nSPS) is 10.5. The van der Waals surface area contributed by atoms with Crippen molar-refractivity contribution in [3.63, 3.8) is 0 Å². The van der Waals surface area contributed by atoms with E-state index in [1.54, 1.807) is 30.1 Å². The van der Waals surface area contributed by atoms with Gasteiger partial charge in [0.25, 0.3) is 0 Å². The maximum atomic E-state index is 5.06. The van der Waals surface area contributed by atoms with Crippen LogP contribution >= 0.6 is 0 Å². The first kappa shape index (κ1) is 10.5. The van der Waals surface area contributed by atoms with E-state index in [-0.39, 0.29) is 0 Å². The third kappa shape index (κ3) is 1.81. The molecule has 0 atom stereocenters. The lowest BCUT2D eigenvalue weighted by molar-refractivity contribution is 0.397. The molecule has 0 fully saturated rings. The Morgan fingerprint density at radius 1 is 1.22 bits per heavy atom. The van der Waals surface area contributed by atoms with Gasteiger partial charge in [0.05, 0.1) is 13.3 Å². The standard InChI is InChI=1S/C11H9N5O2/c1-17-11-4-2-3-10(12-11)16-7-9(13-15-16)8-5-6-18-14-8/h2-7H,1H3. The van der Waals surface area contributed by atoms with Crippen LogP contribution in [0.15, 0.2) is 41.2 Å². The van der Waals surface area contributed by atoms with Crippen molar-refractivity contribution in [2.24, 2.45) is 0 Å². The molecule has 3 rings (SSSR count). The minimum Gasteiger partial charge on any atom is -0.481 e. The first-order valence-corrected chi connectivity index (χ1v) is 5.21. The highest BCUT2D eigenvalue weighted by atomic mass is 16.5. The van der Waals surface area contributed by atoms with Gasteiger partial charge in [0, 0.05) is 12.1 Å². The van der Waals surface area contributed by atoms with Crippen molar-refractivity contribution in [1.29, 1.82) is 0 Å². The second-order valence-corrected chi connectivity index (χ2v) is 3.47. The average molecular weight is 243 g/mol. The van der Waals surface area contributed by atoms with Crippen LogP contribution in [0.2, 0.25) is 0 Å². The van der Waals surface area contributed by atoms with Crippen LogP contribution < -0.4 is 4.74 Å². The minimum absolute atomic E-state index is 0.519. The molecule has 0 amide bonds. The summed E-state index contributed by atoms with van der Waals surface area (Å²) >= 11 is 0. The summed E-state index contributed by atoms with van der Waals surface area (Å²) in [5.74, 6) is 1.14. The third-order valence-corrected chi connectivity index (χ3v) is 2.35. The van der Waals surface area contributed by atoms with Crippen LogP contribution in [-0.4, -0.2) is 32.2 Å². The number of hydrogen-bond acceptors (Lipinski definition) is 6. The number of pyridine rings is 1. The molecule has 7 nitrogen and oxygen atoms in total. The highest BCUT2D eigenvalue weighted by Crippen LogP contribution is 2.15. The monoisotopic (exact) mass is 243 g/mol. The van der Waals surface area contributed by atoms with E-state index in [4.69, 9.17) is 9.26 Å². The molecule has 3 aromatic rings. The maximum Gasteiger partial charge on any atom is 0.214 e. The van der Waals surface area contributed by atoms with E-state index < -0.39 is 0 Å².